The van der Waals surface area contributed by atoms with Crippen LogP contribution in [0.15, 0.2) is 24.3 Å². The summed E-state index contributed by atoms with van der Waals surface area (Å²) in [6.07, 6.45) is 0. The average molecular weight is 321 g/mol. The van der Waals surface area contributed by atoms with Crippen molar-refractivity contribution in [2.45, 2.75) is 13.5 Å². The van der Waals surface area contributed by atoms with Crippen molar-refractivity contribution in [2.75, 3.05) is 24.3 Å². The maximum atomic E-state index is 13.1. The minimum absolute atomic E-state index is 0.109. The number of nitrogens with one attached hydrogen (secondary N) is 2. The topological polar surface area (TPSA) is 70.2 Å². The molecule has 2 aromatic rings. The van der Waals surface area contributed by atoms with Crippen molar-refractivity contribution < 1.29 is 13.6 Å². The van der Waals surface area contributed by atoms with Crippen LogP contribution in [0.25, 0.3) is 0 Å². The Hall–Kier alpha value is -2.77. The molecule has 0 bridgehead atoms. The van der Waals surface area contributed by atoms with Gasteiger partial charge in [0.2, 0.25) is 0 Å². The van der Waals surface area contributed by atoms with Gasteiger partial charge < -0.3 is 15.5 Å². The summed E-state index contributed by atoms with van der Waals surface area (Å²) in [5.74, 6) is -0.815. The minimum atomic E-state index is -1.03. The van der Waals surface area contributed by atoms with Gasteiger partial charge in [-0.3, -0.25) is 0 Å². The Balaban J connectivity index is 1.97. The van der Waals surface area contributed by atoms with E-state index in [4.69, 9.17) is 0 Å². The van der Waals surface area contributed by atoms with Crippen LogP contribution in [0, 0.1) is 18.6 Å². The molecule has 0 aliphatic rings. The molecule has 2 N–H and O–H groups in total. The van der Waals surface area contributed by atoms with Crippen LogP contribution in [0.2, 0.25) is 0 Å². The van der Waals surface area contributed by atoms with Gasteiger partial charge in [0.15, 0.2) is 11.6 Å². The molecule has 0 unspecified atom stereocenters. The van der Waals surface area contributed by atoms with Gasteiger partial charge in [-0.1, -0.05) is 0 Å². The zero-order valence-electron chi connectivity index (χ0n) is 13.0. The van der Waals surface area contributed by atoms with E-state index < -0.39 is 17.7 Å². The predicted molar refractivity (Wildman–Crippen MR) is 83.3 cm³/mol. The quantitative estimate of drug-likeness (QED) is 0.907. The van der Waals surface area contributed by atoms with Gasteiger partial charge in [-0.05, 0) is 19.1 Å². The van der Waals surface area contributed by atoms with E-state index in [0.29, 0.717) is 5.82 Å². The second-order valence-electron chi connectivity index (χ2n) is 5.11. The van der Waals surface area contributed by atoms with Crippen LogP contribution in [0.1, 0.15) is 11.5 Å². The molecule has 1 aromatic heterocycles. The molecule has 6 nitrogen and oxygen atoms in total. The zero-order valence-corrected chi connectivity index (χ0v) is 13.0. The van der Waals surface area contributed by atoms with Crippen LogP contribution in [0.4, 0.5) is 25.1 Å². The predicted octanol–water partition coefficient (Wildman–Crippen LogP) is 2.45. The lowest BCUT2D eigenvalue weighted by molar-refractivity contribution is 0.251. The van der Waals surface area contributed by atoms with Gasteiger partial charge in [0.1, 0.15) is 11.6 Å². The SMILES string of the molecule is Cc1cc(N(C)C)nc(CNC(=O)Nc2ccc(F)c(F)c2)n1. The molecule has 0 aliphatic carbocycles. The molecule has 0 atom stereocenters. The number of hydrogen-bond acceptors (Lipinski definition) is 4. The normalized spacial score (nSPS) is 10.3. The van der Waals surface area contributed by atoms with Crippen LogP contribution in [0.3, 0.4) is 0 Å². The first-order valence-electron chi connectivity index (χ1n) is 6.87. The summed E-state index contributed by atoms with van der Waals surface area (Å²) < 4.78 is 25.9. The molecule has 0 spiro atoms. The number of carbonyl (C=O) groups is 1. The molecule has 2 rings (SSSR count). The van der Waals surface area contributed by atoms with Gasteiger partial charge in [-0.25, -0.2) is 23.5 Å². The van der Waals surface area contributed by atoms with Crippen LogP contribution < -0.4 is 15.5 Å². The van der Waals surface area contributed by atoms with Gasteiger partial charge in [-0.2, -0.15) is 0 Å². The largest absolute Gasteiger partial charge is 0.363 e. The number of benzene rings is 1. The molecule has 0 fully saturated rings. The Bertz CT molecular complexity index is 721. The van der Waals surface area contributed by atoms with Crippen LogP contribution in [-0.4, -0.2) is 30.1 Å². The van der Waals surface area contributed by atoms with E-state index in [-0.39, 0.29) is 12.2 Å². The van der Waals surface area contributed by atoms with Gasteiger partial charge in [-0.15, -0.1) is 0 Å². The van der Waals surface area contributed by atoms with Crippen molar-refractivity contribution in [1.82, 2.24) is 15.3 Å². The first kappa shape index (κ1) is 16.6. The minimum Gasteiger partial charge on any atom is -0.363 e. The Labute approximate surface area is 132 Å². The Morgan fingerprint density at radius 1 is 1.17 bits per heavy atom. The Kier molecular flexibility index (Phi) is 5.05. The molecule has 8 heteroatoms. The highest BCUT2D eigenvalue weighted by atomic mass is 19.2. The van der Waals surface area contributed by atoms with Crippen LogP contribution in [0.5, 0.6) is 0 Å². The monoisotopic (exact) mass is 321 g/mol. The van der Waals surface area contributed by atoms with E-state index in [1.807, 2.05) is 32.0 Å². The van der Waals surface area contributed by atoms with Crippen molar-refractivity contribution in [3.05, 3.63) is 47.4 Å². The number of urea groups is 1. The number of carbonyl (C=O) groups excluding carboxylic acids is 1. The standard InChI is InChI=1S/C15H17F2N5O/c1-9-6-14(22(2)3)21-13(19-9)8-18-15(23)20-10-4-5-11(16)12(17)7-10/h4-7H,8H2,1-3H3,(H2,18,20,23). The summed E-state index contributed by atoms with van der Waals surface area (Å²) in [5, 5.41) is 4.97. The smallest absolute Gasteiger partial charge is 0.319 e. The summed E-state index contributed by atoms with van der Waals surface area (Å²) >= 11 is 0. The number of amides is 2. The molecule has 0 aliphatic heterocycles. The highest BCUT2D eigenvalue weighted by Crippen LogP contribution is 2.13. The lowest BCUT2D eigenvalue weighted by Crippen LogP contribution is -2.29. The summed E-state index contributed by atoms with van der Waals surface area (Å²) in [7, 11) is 3.71. The number of rotatable bonds is 4. The molecule has 0 saturated heterocycles. The molecule has 1 aromatic carbocycles. The second-order valence-corrected chi connectivity index (χ2v) is 5.11. The average Bonchev–Trinajstić information content (AvgIpc) is 2.48. The number of nitrogens with zero attached hydrogens (tertiary/aromatic N) is 3. The summed E-state index contributed by atoms with van der Waals surface area (Å²) in [4.78, 5) is 22.1. The molecule has 23 heavy (non-hydrogen) atoms. The van der Waals surface area contributed by atoms with Gasteiger partial charge >= 0.3 is 6.03 Å². The molecule has 0 radical (unpaired) electrons. The highest BCUT2D eigenvalue weighted by Gasteiger charge is 2.08. The Morgan fingerprint density at radius 3 is 2.57 bits per heavy atom. The molecule has 1 heterocycles. The van der Waals surface area contributed by atoms with E-state index in [1.54, 1.807) is 0 Å². The van der Waals surface area contributed by atoms with Crippen molar-refractivity contribution in [1.29, 1.82) is 0 Å². The number of anilines is 2. The van der Waals surface area contributed by atoms with E-state index in [1.165, 1.54) is 6.07 Å². The lowest BCUT2D eigenvalue weighted by atomic mass is 10.3. The fourth-order valence-corrected chi connectivity index (χ4v) is 1.83. The highest BCUT2D eigenvalue weighted by molar-refractivity contribution is 5.89. The van der Waals surface area contributed by atoms with E-state index in [0.717, 1.165) is 23.6 Å². The second kappa shape index (κ2) is 6.99. The number of hydrogen-bond donors (Lipinski definition) is 2. The number of halogens is 2. The zero-order chi connectivity index (χ0) is 17.0. The van der Waals surface area contributed by atoms with Crippen molar-refractivity contribution >= 4 is 17.5 Å². The number of aromatic nitrogens is 2. The molecular formula is C15H17F2N5O. The van der Waals surface area contributed by atoms with Crippen molar-refractivity contribution in [2.24, 2.45) is 0 Å². The van der Waals surface area contributed by atoms with Crippen LogP contribution >= 0.6 is 0 Å². The molecule has 0 saturated carbocycles. The fraction of sp³-hybridized carbons (Fsp3) is 0.267. The third kappa shape index (κ3) is 4.60. The third-order valence-electron chi connectivity index (χ3n) is 2.93. The van der Waals surface area contributed by atoms with E-state index in [2.05, 4.69) is 20.6 Å². The maximum absolute atomic E-state index is 13.1. The summed E-state index contributed by atoms with van der Waals surface area (Å²) in [6, 6.07) is 4.38. The molecule has 2 amide bonds. The van der Waals surface area contributed by atoms with Gasteiger partial charge in [0.25, 0.3) is 0 Å². The van der Waals surface area contributed by atoms with Gasteiger partial charge in [0.05, 0.1) is 6.54 Å². The van der Waals surface area contributed by atoms with Crippen LogP contribution in [-0.2, 0) is 6.54 Å². The van der Waals surface area contributed by atoms with Crippen molar-refractivity contribution in [3.8, 4) is 0 Å². The van der Waals surface area contributed by atoms with Gasteiger partial charge in [0, 0.05) is 37.6 Å². The van der Waals surface area contributed by atoms with E-state index >= 15 is 0 Å². The fourth-order valence-electron chi connectivity index (χ4n) is 1.83. The summed E-state index contributed by atoms with van der Waals surface area (Å²) in [5.41, 5.74) is 0.932. The first-order valence-corrected chi connectivity index (χ1v) is 6.87. The number of aryl methyl sites for hydroxylation is 1. The maximum Gasteiger partial charge on any atom is 0.319 e. The molecular weight excluding hydrogens is 304 g/mol. The first-order chi connectivity index (χ1) is 10.8. The third-order valence-corrected chi connectivity index (χ3v) is 2.93. The Morgan fingerprint density at radius 2 is 1.91 bits per heavy atom. The summed E-state index contributed by atoms with van der Waals surface area (Å²) in [6.45, 7) is 1.94. The molecule has 122 valence electrons. The lowest BCUT2D eigenvalue weighted by Gasteiger charge is -2.13. The van der Waals surface area contributed by atoms with E-state index in [9.17, 15) is 13.6 Å². The van der Waals surface area contributed by atoms with Crippen molar-refractivity contribution in [3.63, 3.8) is 0 Å².